The lowest BCUT2D eigenvalue weighted by Gasteiger charge is -2.10. The first-order chi connectivity index (χ1) is 9.61. The summed E-state index contributed by atoms with van der Waals surface area (Å²) in [6.45, 7) is 0. The summed E-state index contributed by atoms with van der Waals surface area (Å²) in [5.74, 6) is -0.317. The minimum atomic E-state index is -0.502. The van der Waals surface area contributed by atoms with Gasteiger partial charge in [0, 0.05) is 24.7 Å². The van der Waals surface area contributed by atoms with E-state index in [-0.39, 0.29) is 11.6 Å². The van der Waals surface area contributed by atoms with Gasteiger partial charge in [-0.15, -0.1) is 0 Å². The van der Waals surface area contributed by atoms with Crippen molar-refractivity contribution < 1.29 is 9.72 Å². The van der Waals surface area contributed by atoms with Gasteiger partial charge in [0.25, 0.3) is 11.6 Å². The molecule has 0 atom stereocenters. The predicted octanol–water partition coefficient (Wildman–Crippen LogP) is 2.89. The number of anilines is 2. The van der Waals surface area contributed by atoms with E-state index in [4.69, 9.17) is 0 Å². The quantitative estimate of drug-likeness (QED) is 0.661. The highest BCUT2D eigenvalue weighted by molar-refractivity contribution is 6.06. The van der Waals surface area contributed by atoms with Gasteiger partial charge in [0.1, 0.15) is 0 Å². The van der Waals surface area contributed by atoms with Crippen LogP contribution in [0.1, 0.15) is 10.4 Å². The number of carbonyl (C=O) groups is 1. The van der Waals surface area contributed by atoms with Crippen LogP contribution in [0.25, 0.3) is 0 Å². The van der Waals surface area contributed by atoms with E-state index < -0.39 is 4.92 Å². The molecule has 6 heteroatoms. The molecule has 0 aliphatic heterocycles. The van der Waals surface area contributed by atoms with Gasteiger partial charge in [-0.25, -0.2) is 0 Å². The fraction of sp³-hybridized carbons (Fsp3) is 0.0714. The second-order valence-electron chi connectivity index (χ2n) is 4.06. The van der Waals surface area contributed by atoms with Gasteiger partial charge in [0.2, 0.25) is 0 Å². The molecule has 0 fully saturated rings. The van der Waals surface area contributed by atoms with E-state index in [9.17, 15) is 14.9 Å². The highest BCUT2D eigenvalue weighted by Crippen LogP contribution is 2.27. The Hall–Kier alpha value is -2.89. The fourth-order valence-corrected chi connectivity index (χ4v) is 1.75. The van der Waals surface area contributed by atoms with Crippen LogP contribution in [0.15, 0.2) is 48.5 Å². The van der Waals surface area contributed by atoms with Crippen LogP contribution >= 0.6 is 0 Å². The molecule has 1 amide bonds. The molecule has 20 heavy (non-hydrogen) atoms. The second-order valence-corrected chi connectivity index (χ2v) is 4.06. The van der Waals surface area contributed by atoms with Crippen molar-refractivity contribution in [3.8, 4) is 0 Å². The lowest BCUT2D eigenvalue weighted by molar-refractivity contribution is -0.384. The number of benzene rings is 2. The molecule has 0 saturated heterocycles. The fourth-order valence-electron chi connectivity index (χ4n) is 1.75. The Morgan fingerprint density at radius 2 is 1.80 bits per heavy atom. The molecule has 0 bridgehead atoms. The van der Waals surface area contributed by atoms with Gasteiger partial charge in [-0.1, -0.05) is 18.2 Å². The molecule has 0 unspecified atom stereocenters. The molecular weight excluding hydrogens is 258 g/mol. The van der Waals surface area contributed by atoms with Crippen molar-refractivity contribution in [1.82, 2.24) is 0 Å². The Bertz CT molecular complexity index is 641. The molecule has 2 N–H and O–H groups in total. The van der Waals surface area contributed by atoms with Crippen LogP contribution in [-0.4, -0.2) is 17.9 Å². The average molecular weight is 271 g/mol. The predicted molar refractivity (Wildman–Crippen MR) is 77.0 cm³/mol. The summed E-state index contributed by atoms with van der Waals surface area (Å²) >= 11 is 0. The third-order valence-corrected chi connectivity index (χ3v) is 2.77. The number of nitrogens with zero attached hydrogens (tertiary/aromatic N) is 1. The standard InChI is InChI=1S/C14H13N3O3/c1-15-12-8-7-11(17(19)20)9-13(12)16-14(18)10-5-3-2-4-6-10/h2-9,15H,1H3,(H,16,18). The van der Waals surface area contributed by atoms with Gasteiger partial charge in [0.05, 0.1) is 16.3 Å². The molecule has 0 saturated carbocycles. The maximum absolute atomic E-state index is 12.1. The normalized spacial score (nSPS) is 9.85. The topological polar surface area (TPSA) is 84.3 Å². The third kappa shape index (κ3) is 2.92. The number of nitro groups is 1. The van der Waals surface area contributed by atoms with Crippen molar-refractivity contribution in [2.75, 3.05) is 17.7 Å². The molecule has 0 radical (unpaired) electrons. The number of nitrogens with one attached hydrogen (secondary N) is 2. The Kier molecular flexibility index (Phi) is 3.95. The maximum atomic E-state index is 12.1. The number of carbonyl (C=O) groups excluding carboxylic acids is 1. The Labute approximate surface area is 115 Å². The summed E-state index contributed by atoms with van der Waals surface area (Å²) in [4.78, 5) is 22.3. The van der Waals surface area contributed by atoms with Crippen LogP contribution in [0.5, 0.6) is 0 Å². The van der Waals surface area contributed by atoms with E-state index >= 15 is 0 Å². The van der Waals surface area contributed by atoms with Gasteiger partial charge in [-0.2, -0.15) is 0 Å². The first-order valence-corrected chi connectivity index (χ1v) is 5.94. The van der Waals surface area contributed by atoms with E-state index in [1.54, 1.807) is 37.4 Å². The van der Waals surface area contributed by atoms with Gasteiger partial charge < -0.3 is 10.6 Å². The number of rotatable bonds is 4. The average Bonchev–Trinajstić information content (AvgIpc) is 2.48. The zero-order valence-electron chi connectivity index (χ0n) is 10.8. The van der Waals surface area contributed by atoms with Crippen LogP contribution in [0.4, 0.5) is 17.1 Å². The van der Waals surface area contributed by atoms with Crippen LogP contribution in [0, 0.1) is 10.1 Å². The second kappa shape index (κ2) is 5.83. The van der Waals surface area contributed by atoms with E-state index in [1.165, 1.54) is 12.1 Å². The molecule has 0 aliphatic rings. The van der Waals surface area contributed by atoms with Crippen molar-refractivity contribution in [3.05, 3.63) is 64.2 Å². The third-order valence-electron chi connectivity index (χ3n) is 2.77. The highest BCUT2D eigenvalue weighted by Gasteiger charge is 2.13. The summed E-state index contributed by atoms with van der Waals surface area (Å²) < 4.78 is 0. The van der Waals surface area contributed by atoms with Crippen LogP contribution in [0.3, 0.4) is 0 Å². The monoisotopic (exact) mass is 271 g/mol. The van der Waals surface area contributed by atoms with Crippen molar-refractivity contribution in [2.45, 2.75) is 0 Å². The molecule has 2 aromatic rings. The molecule has 102 valence electrons. The van der Waals surface area contributed by atoms with Gasteiger partial charge in [-0.3, -0.25) is 14.9 Å². The SMILES string of the molecule is CNc1ccc([N+](=O)[O-])cc1NC(=O)c1ccccc1. The van der Waals surface area contributed by atoms with Crippen LogP contribution in [-0.2, 0) is 0 Å². The number of nitro benzene ring substituents is 1. The minimum absolute atomic E-state index is 0.0765. The number of non-ortho nitro benzene ring substituents is 1. The largest absolute Gasteiger partial charge is 0.386 e. The summed E-state index contributed by atoms with van der Waals surface area (Å²) in [7, 11) is 1.68. The Balaban J connectivity index is 2.30. The van der Waals surface area contributed by atoms with Crippen molar-refractivity contribution in [1.29, 1.82) is 0 Å². The summed E-state index contributed by atoms with van der Waals surface area (Å²) in [6.07, 6.45) is 0. The molecule has 2 aromatic carbocycles. The number of hydrogen-bond acceptors (Lipinski definition) is 4. The molecule has 0 heterocycles. The van der Waals surface area contributed by atoms with Crippen LogP contribution in [0.2, 0.25) is 0 Å². The first kappa shape index (κ1) is 13.5. The van der Waals surface area contributed by atoms with Crippen molar-refractivity contribution in [3.63, 3.8) is 0 Å². The molecule has 6 nitrogen and oxygen atoms in total. The summed E-state index contributed by atoms with van der Waals surface area (Å²) in [5.41, 5.74) is 1.39. The molecule has 0 aromatic heterocycles. The molecular formula is C14H13N3O3. The zero-order valence-corrected chi connectivity index (χ0v) is 10.8. The van der Waals surface area contributed by atoms with Crippen LogP contribution < -0.4 is 10.6 Å². The van der Waals surface area contributed by atoms with Gasteiger partial charge >= 0.3 is 0 Å². The Morgan fingerprint density at radius 1 is 1.10 bits per heavy atom. The molecule has 0 spiro atoms. The van der Waals surface area contributed by atoms with Gasteiger partial charge in [0.15, 0.2) is 0 Å². The smallest absolute Gasteiger partial charge is 0.271 e. The zero-order chi connectivity index (χ0) is 14.5. The van der Waals surface area contributed by atoms with E-state index in [0.717, 1.165) is 0 Å². The van der Waals surface area contributed by atoms with E-state index in [1.807, 2.05) is 6.07 Å². The maximum Gasteiger partial charge on any atom is 0.271 e. The summed E-state index contributed by atoms with van der Waals surface area (Å²) in [6, 6.07) is 12.9. The van der Waals surface area contributed by atoms with Crippen molar-refractivity contribution >= 4 is 23.0 Å². The van der Waals surface area contributed by atoms with Gasteiger partial charge in [-0.05, 0) is 18.2 Å². The first-order valence-electron chi connectivity index (χ1n) is 5.94. The number of hydrogen-bond donors (Lipinski definition) is 2. The Morgan fingerprint density at radius 3 is 2.40 bits per heavy atom. The lowest BCUT2D eigenvalue weighted by Crippen LogP contribution is -2.13. The van der Waals surface area contributed by atoms with E-state index in [0.29, 0.717) is 16.9 Å². The van der Waals surface area contributed by atoms with Crippen molar-refractivity contribution in [2.24, 2.45) is 0 Å². The molecule has 0 aliphatic carbocycles. The van der Waals surface area contributed by atoms with E-state index in [2.05, 4.69) is 10.6 Å². The minimum Gasteiger partial charge on any atom is -0.386 e. The molecule has 2 rings (SSSR count). The number of amides is 1. The highest BCUT2D eigenvalue weighted by atomic mass is 16.6. The summed E-state index contributed by atoms with van der Waals surface area (Å²) in [5, 5.41) is 16.3. The lowest BCUT2D eigenvalue weighted by atomic mass is 10.2.